The second-order valence-corrected chi connectivity index (χ2v) is 6.64. The Kier molecular flexibility index (Phi) is 3.46. The van der Waals surface area contributed by atoms with Gasteiger partial charge < -0.3 is 10.2 Å². The van der Waals surface area contributed by atoms with Crippen LogP contribution in [0.5, 0.6) is 0 Å². The lowest BCUT2D eigenvalue weighted by molar-refractivity contribution is -0.118. The summed E-state index contributed by atoms with van der Waals surface area (Å²) in [6.45, 7) is 2.60. The molecule has 1 aromatic heterocycles. The second-order valence-electron chi connectivity index (χ2n) is 6.31. The van der Waals surface area contributed by atoms with Crippen molar-refractivity contribution in [2.24, 2.45) is 0 Å². The van der Waals surface area contributed by atoms with Gasteiger partial charge in [-0.15, -0.1) is 0 Å². The van der Waals surface area contributed by atoms with Crippen LogP contribution in [0.25, 0.3) is 0 Å². The van der Waals surface area contributed by atoms with Gasteiger partial charge in [0.05, 0.1) is 6.20 Å². The van der Waals surface area contributed by atoms with Crippen LogP contribution in [-0.2, 0) is 10.2 Å². The van der Waals surface area contributed by atoms with E-state index in [2.05, 4.69) is 15.3 Å². The molecule has 1 amide bonds. The molecule has 5 nitrogen and oxygen atoms in total. The summed E-state index contributed by atoms with van der Waals surface area (Å²) in [5.41, 5.74) is 2.90. The highest BCUT2D eigenvalue weighted by Gasteiger charge is 2.52. The molecule has 4 rings (SSSR count). The fourth-order valence-corrected chi connectivity index (χ4v) is 3.45. The zero-order valence-electron chi connectivity index (χ0n) is 13.1. The number of anilines is 3. The molecule has 1 aliphatic carbocycles. The molecular weight excluding hydrogens is 331 g/mol. The average Bonchev–Trinajstić information content (AvgIpc) is 3.28. The molecule has 2 aliphatic rings. The number of hydrogen-bond acceptors (Lipinski definition) is 4. The van der Waals surface area contributed by atoms with E-state index in [0.717, 1.165) is 31.3 Å². The quantitative estimate of drug-likeness (QED) is 0.859. The van der Waals surface area contributed by atoms with Crippen LogP contribution in [0.2, 0.25) is 5.28 Å². The Balaban J connectivity index is 1.70. The van der Waals surface area contributed by atoms with E-state index >= 15 is 0 Å². The van der Waals surface area contributed by atoms with Gasteiger partial charge in [-0.25, -0.2) is 9.37 Å². The Hall–Kier alpha value is -2.21. The molecule has 24 heavy (non-hydrogen) atoms. The fraction of sp³-hybridized carbons (Fsp3) is 0.353. The molecule has 2 heterocycles. The van der Waals surface area contributed by atoms with E-state index in [0.29, 0.717) is 12.1 Å². The van der Waals surface area contributed by atoms with Crippen LogP contribution in [0, 0.1) is 5.82 Å². The number of fused-ring (bicyclic) bond motifs is 2. The van der Waals surface area contributed by atoms with Crippen LogP contribution in [-0.4, -0.2) is 22.4 Å². The van der Waals surface area contributed by atoms with Crippen molar-refractivity contribution in [3.63, 3.8) is 0 Å². The van der Waals surface area contributed by atoms with Crippen molar-refractivity contribution in [3.05, 3.63) is 41.1 Å². The van der Waals surface area contributed by atoms with E-state index in [-0.39, 0.29) is 22.4 Å². The molecule has 7 heteroatoms. The zero-order chi connectivity index (χ0) is 16.9. The Morgan fingerprint density at radius 1 is 1.46 bits per heavy atom. The van der Waals surface area contributed by atoms with E-state index in [4.69, 9.17) is 11.6 Å². The highest BCUT2D eigenvalue weighted by atomic mass is 35.5. The Morgan fingerprint density at radius 3 is 2.96 bits per heavy atom. The summed E-state index contributed by atoms with van der Waals surface area (Å²) in [6, 6.07) is 5.79. The van der Waals surface area contributed by atoms with Crippen LogP contribution in [0.3, 0.4) is 0 Å². The van der Waals surface area contributed by atoms with Crippen molar-refractivity contribution in [1.82, 2.24) is 9.97 Å². The van der Waals surface area contributed by atoms with Crippen molar-refractivity contribution in [3.8, 4) is 0 Å². The van der Waals surface area contributed by atoms with Gasteiger partial charge in [0, 0.05) is 29.8 Å². The lowest BCUT2D eigenvalue weighted by atomic mass is 9.98. The molecule has 0 atom stereocenters. The molecule has 2 aromatic rings. The van der Waals surface area contributed by atoms with Gasteiger partial charge >= 0.3 is 0 Å². The first-order chi connectivity index (χ1) is 11.5. The Bertz CT molecular complexity index is 837. The van der Waals surface area contributed by atoms with Gasteiger partial charge in [0.1, 0.15) is 0 Å². The first-order valence-electron chi connectivity index (χ1n) is 7.92. The van der Waals surface area contributed by atoms with E-state index < -0.39 is 5.82 Å². The smallest absolute Gasteiger partial charge is 0.226 e. The summed E-state index contributed by atoms with van der Waals surface area (Å²) in [5.74, 6) is -0.462. The molecule has 0 saturated heterocycles. The number of hydrogen-bond donors (Lipinski definition) is 1. The first-order valence-corrected chi connectivity index (χ1v) is 8.30. The van der Waals surface area contributed by atoms with Gasteiger partial charge in [-0.2, -0.15) is 4.98 Å². The molecule has 0 unspecified atom stereocenters. The number of carbonyl (C=O) groups excluding carboxylic acids is 1. The van der Waals surface area contributed by atoms with E-state index in [1.807, 2.05) is 30.0 Å². The van der Waals surface area contributed by atoms with Gasteiger partial charge in [-0.1, -0.05) is 13.0 Å². The van der Waals surface area contributed by atoms with E-state index in [1.165, 1.54) is 5.56 Å². The summed E-state index contributed by atoms with van der Waals surface area (Å²) >= 11 is 5.72. The topological polar surface area (TPSA) is 58.1 Å². The number of nitrogens with one attached hydrogen (secondary N) is 1. The van der Waals surface area contributed by atoms with Crippen molar-refractivity contribution in [2.75, 3.05) is 16.8 Å². The minimum Gasteiger partial charge on any atom is -0.338 e. The normalized spacial score (nSPS) is 17.0. The van der Waals surface area contributed by atoms with Gasteiger partial charge in [0.2, 0.25) is 11.2 Å². The van der Waals surface area contributed by atoms with Gasteiger partial charge in [-0.05, 0) is 42.1 Å². The third-order valence-corrected chi connectivity index (χ3v) is 4.94. The molecule has 1 saturated carbocycles. The summed E-state index contributed by atoms with van der Waals surface area (Å²) < 4.78 is 13.8. The maximum absolute atomic E-state index is 13.8. The molecule has 0 radical (unpaired) electrons. The van der Waals surface area contributed by atoms with Crippen LogP contribution < -0.4 is 10.2 Å². The molecule has 1 spiro atoms. The molecule has 124 valence electrons. The summed E-state index contributed by atoms with van der Waals surface area (Å²) in [7, 11) is 0. The third kappa shape index (κ3) is 2.41. The van der Waals surface area contributed by atoms with Crippen LogP contribution in [0.4, 0.5) is 21.6 Å². The number of amides is 1. The minimum absolute atomic E-state index is 0.0162. The predicted octanol–water partition coefficient (Wildman–Crippen LogP) is 3.80. The molecule has 0 bridgehead atoms. The molecule has 1 aromatic carbocycles. The van der Waals surface area contributed by atoms with Crippen molar-refractivity contribution >= 4 is 34.7 Å². The number of benzene rings is 1. The maximum atomic E-state index is 13.8. The largest absolute Gasteiger partial charge is 0.338 e. The summed E-state index contributed by atoms with van der Waals surface area (Å²) in [4.78, 5) is 21.6. The number of rotatable bonds is 3. The van der Waals surface area contributed by atoms with Gasteiger partial charge in [-0.3, -0.25) is 4.79 Å². The molecule has 1 N–H and O–H groups in total. The van der Waals surface area contributed by atoms with Crippen LogP contribution in [0.1, 0.15) is 31.7 Å². The number of halogens is 2. The maximum Gasteiger partial charge on any atom is 0.226 e. The minimum atomic E-state index is -0.583. The number of aromatic nitrogens is 2. The Morgan fingerprint density at radius 2 is 2.25 bits per heavy atom. The standard InChI is InChI=1S/C17H16ClFN4O/c1-2-14(24)23-9-17(5-6-17)11-4-3-10(7-13(11)23)21-15-12(19)8-20-16(18)22-15/h3-4,7-8H,2,5-6,9H2,1H3,(H,20,21,22). The first kappa shape index (κ1) is 15.3. The fourth-order valence-electron chi connectivity index (χ4n) is 3.32. The zero-order valence-corrected chi connectivity index (χ0v) is 13.9. The van der Waals surface area contributed by atoms with Crippen LogP contribution >= 0.6 is 11.6 Å². The number of carbonyl (C=O) groups is 1. The van der Waals surface area contributed by atoms with E-state index in [9.17, 15) is 9.18 Å². The van der Waals surface area contributed by atoms with Gasteiger partial charge in [0.25, 0.3) is 0 Å². The van der Waals surface area contributed by atoms with Crippen molar-refractivity contribution in [1.29, 1.82) is 0 Å². The van der Waals surface area contributed by atoms with Crippen molar-refractivity contribution < 1.29 is 9.18 Å². The monoisotopic (exact) mass is 346 g/mol. The SMILES string of the molecule is CCC(=O)N1CC2(CC2)c2ccc(Nc3nc(Cl)ncc3F)cc21. The van der Waals surface area contributed by atoms with E-state index in [1.54, 1.807) is 0 Å². The summed E-state index contributed by atoms with van der Waals surface area (Å²) in [6.07, 6.45) is 3.70. The molecular formula is C17H16ClFN4O. The molecule has 1 fully saturated rings. The highest BCUT2D eigenvalue weighted by Crippen LogP contribution is 2.57. The lowest BCUT2D eigenvalue weighted by Gasteiger charge is -2.17. The third-order valence-electron chi connectivity index (χ3n) is 4.76. The van der Waals surface area contributed by atoms with Crippen molar-refractivity contribution in [2.45, 2.75) is 31.6 Å². The second kappa shape index (κ2) is 5.41. The van der Waals surface area contributed by atoms with Crippen LogP contribution in [0.15, 0.2) is 24.4 Å². The lowest BCUT2D eigenvalue weighted by Crippen LogP contribution is -2.30. The average molecular weight is 347 g/mol. The predicted molar refractivity (Wildman–Crippen MR) is 90.3 cm³/mol. The molecule has 1 aliphatic heterocycles. The van der Waals surface area contributed by atoms with Gasteiger partial charge in [0.15, 0.2) is 11.6 Å². The number of nitrogens with zero attached hydrogens (tertiary/aromatic N) is 3. The summed E-state index contributed by atoms with van der Waals surface area (Å²) in [5, 5.41) is 2.89. The highest BCUT2D eigenvalue weighted by molar-refractivity contribution is 6.28. The Labute approximate surface area is 143 Å².